The zero-order valence-corrected chi connectivity index (χ0v) is 20.7. The molecule has 2 saturated heterocycles. The minimum absolute atomic E-state index is 0.0116. The number of ether oxygens (including phenoxy) is 1. The number of nitrogens with two attached hydrogens (primary N) is 1. The topological polar surface area (TPSA) is 122 Å². The van der Waals surface area contributed by atoms with Crippen molar-refractivity contribution < 1.29 is 14.3 Å². The Bertz CT molecular complexity index is 1170. The molecular formula is C26H30N6O3S. The van der Waals surface area contributed by atoms with Gasteiger partial charge in [-0.25, -0.2) is 9.78 Å². The highest BCUT2D eigenvalue weighted by Gasteiger charge is 2.52. The van der Waals surface area contributed by atoms with Crippen LogP contribution in [0.15, 0.2) is 59.3 Å². The average molecular weight is 507 g/mol. The molecule has 1 aliphatic carbocycles. The first-order valence-electron chi connectivity index (χ1n) is 12.6. The Morgan fingerprint density at radius 2 is 1.97 bits per heavy atom. The molecule has 188 valence electrons. The van der Waals surface area contributed by atoms with E-state index in [2.05, 4.69) is 20.9 Å². The average Bonchev–Trinajstić information content (AvgIpc) is 3.26. The number of urea groups is 1. The highest BCUT2D eigenvalue weighted by molar-refractivity contribution is 8.04. The number of anilines is 1. The Labute approximate surface area is 214 Å². The first kappa shape index (κ1) is 23.3. The summed E-state index contributed by atoms with van der Waals surface area (Å²) in [5.41, 5.74) is 7.69. The van der Waals surface area contributed by atoms with Gasteiger partial charge < -0.3 is 26.4 Å². The molecule has 5 atom stereocenters. The van der Waals surface area contributed by atoms with Gasteiger partial charge in [-0.1, -0.05) is 42.8 Å². The smallest absolute Gasteiger partial charge is 0.326 e. The summed E-state index contributed by atoms with van der Waals surface area (Å²) in [4.78, 5) is 33.5. The molecule has 1 saturated carbocycles. The number of benzene rings is 1. The van der Waals surface area contributed by atoms with Crippen molar-refractivity contribution in [1.82, 2.24) is 20.9 Å². The Hall–Kier alpha value is -3.08. The maximum absolute atomic E-state index is 13.4. The molecule has 3 amide bonds. The maximum Gasteiger partial charge on any atom is 0.326 e. The maximum atomic E-state index is 13.4. The minimum atomic E-state index is -0.243. The fraction of sp³-hybridized carbons (Fsp3) is 0.423. The van der Waals surface area contributed by atoms with Crippen molar-refractivity contribution in [2.45, 2.75) is 55.6 Å². The minimum Gasteiger partial charge on any atom is -0.439 e. The first-order valence-corrected chi connectivity index (χ1v) is 13.5. The number of para-hydroxylation sites is 1. The highest BCUT2D eigenvalue weighted by Crippen LogP contribution is 2.48. The molecule has 6 rings (SSSR count). The number of aromatic nitrogens is 1. The summed E-state index contributed by atoms with van der Waals surface area (Å²) in [6.07, 6.45) is 6.44. The van der Waals surface area contributed by atoms with Gasteiger partial charge in [0.1, 0.15) is 5.75 Å². The molecule has 3 aliphatic heterocycles. The lowest BCUT2D eigenvalue weighted by Crippen LogP contribution is -2.62. The lowest BCUT2D eigenvalue weighted by molar-refractivity contribution is -0.117. The molecule has 1 aromatic heterocycles. The Kier molecular flexibility index (Phi) is 6.32. The number of rotatable bonds is 5. The van der Waals surface area contributed by atoms with Gasteiger partial charge in [0, 0.05) is 29.8 Å². The monoisotopic (exact) mass is 506 g/mol. The van der Waals surface area contributed by atoms with Crippen LogP contribution in [0.4, 0.5) is 10.5 Å². The third-order valence-corrected chi connectivity index (χ3v) is 8.80. The number of pyridine rings is 1. The van der Waals surface area contributed by atoms with E-state index in [0.717, 1.165) is 44.3 Å². The van der Waals surface area contributed by atoms with Crippen LogP contribution in [0.25, 0.3) is 0 Å². The molecule has 5 N–H and O–H groups in total. The summed E-state index contributed by atoms with van der Waals surface area (Å²) in [5.74, 6) is 1.02. The SMILES string of the molecule is N[C@@H]1CCCC[C@H]1NC(=O)C1=C2NC(=O)N(c3ccc(Oc4ccccc4)nc3)C3CCNC(S1)C23. The number of carbonyl (C=O) groups excluding carboxylic acids is 2. The van der Waals surface area contributed by atoms with E-state index in [-0.39, 0.29) is 41.4 Å². The number of thioether (sulfide) groups is 1. The highest BCUT2D eigenvalue weighted by atomic mass is 32.2. The Morgan fingerprint density at radius 3 is 2.75 bits per heavy atom. The normalized spacial score (nSPS) is 29.4. The second-order valence-corrected chi connectivity index (χ2v) is 10.9. The number of piperidine rings is 1. The number of hydrogen-bond donors (Lipinski definition) is 4. The van der Waals surface area contributed by atoms with E-state index in [0.29, 0.717) is 22.2 Å². The van der Waals surface area contributed by atoms with Gasteiger partial charge >= 0.3 is 6.03 Å². The molecule has 9 nitrogen and oxygen atoms in total. The molecule has 1 aromatic carbocycles. The number of nitrogens with zero attached hydrogens (tertiary/aromatic N) is 2. The third kappa shape index (κ3) is 4.33. The van der Waals surface area contributed by atoms with Crippen LogP contribution in [-0.4, -0.2) is 47.0 Å². The van der Waals surface area contributed by atoms with Crippen molar-refractivity contribution in [3.05, 3.63) is 59.3 Å². The third-order valence-electron chi connectivity index (χ3n) is 7.45. The Morgan fingerprint density at radius 1 is 1.14 bits per heavy atom. The van der Waals surface area contributed by atoms with Crippen LogP contribution in [0.3, 0.4) is 0 Å². The predicted octanol–water partition coefficient (Wildman–Crippen LogP) is 3.05. The van der Waals surface area contributed by atoms with Crippen LogP contribution in [0.1, 0.15) is 32.1 Å². The van der Waals surface area contributed by atoms with Crippen LogP contribution in [0.5, 0.6) is 11.6 Å². The molecule has 3 fully saturated rings. The zero-order chi connectivity index (χ0) is 24.6. The summed E-state index contributed by atoms with van der Waals surface area (Å²) < 4.78 is 5.80. The van der Waals surface area contributed by atoms with Crippen molar-refractivity contribution in [2.75, 3.05) is 11.4 Å². The quantitative estimate of drug-likeness (QED) is 0.492. The van der Waals surface area contributed by atoms with E-state index >= 15 is 0 Å². The second kappa shape index (κ2) is 9.76. The van der Waals surface area contributed by atoms with Crippen molar-refractivity contribution in [1.29, 1.82) is 0 Å². The largest absolute Gasteiger partial charge is 0.439 e. The molecule has 0 bridgehead atoms. The number of amides is 3. The summed E-state index contributed by atoms with van der Waals surface area (Å²) in [6, 6.07) is 12.7. The van der Waals surface area contributed by atoms with Crippen LogP contribution in [0, 0.1) is 5.92 Å². The van der Waals surface area contributed by atoms with E-state index in [1.807, 2.05) is 36.4 Å². The van der Waals surface area contributed by atoms with Crippen LogP contribution in [-0.2, 0) is 4.79 Å². The van der Waals surface area contributed by atoms with Gasteiger partial charge in [0.2, 0.25) is 5.88 Å². The number of hydrogen-bond acceptors (Lipinski definition) is 7. The number of carbonyl (C=O) groups is 2. The standard InChI is InChI=1S/C26H30N6O3S/c27-17-8-4-5-9-18(17)30-24(33)23-22-21-19(12-13-28-25(21)36-23)32(26(34)31-22)15-10-11-20(29-14-15)35-16-6-2-1-3-7-16/h1-3,6-7,10-11,14,17-19,21,25,28H,4-5,8-9,12-13,27H2,(H,30,33)(H,31,34)/t17-,18-,19?,21?,25?/m1/s1. The fourth-order valence-electron chi connectivity index (χ4n) is 5.68. The molecule has 10 heteroatoms. The summed E-state index contributed by atoms with van der Waals surface area (Å²) in [7, 11) is 0. The summed E-state index contributed by atoms with van der Waals surface area (Å²) in [5, 5.41) is 9.75. The fourth-order valence-corrected chi connectivity index (χ4v) is 7.08. The van der Waals surface area contributed by atoms with Crippen LogP contribution >= 0.6 is 11.8 Å². The van der Waals surface area contributed by atoms with Crippen LogP contribution in [0.2, 0.25) is 0 Å². The van der Waals surface area contributed by atoms with Crippen molar-refractivity contribution in [3.8, 4) is 11.6 Å². The van der Waals surface area contributed by atoms with Gasteiger partial charge in [0.15, 0.2) is 0 Å². The lowest BCUT2D eigenvalue weighted by Gasteiger charge is -2.45. The zero-order valence-electron chi connectivity index (χ0n) is 19.9. The van der Waals surface area contributed by atoms with E-state index in [1.165, 1.54) is 11.8 Å². The lowest BCUT2D eigenvalue weighted by atomic mass is 9.86. The van der Waals surface area contributed by atoms with E-state index in [1.54, 1.807) is 17.2 Å². The van der Waals surface area contributed by atoms with Gasteiger partial charge in [-0.2, -0.15) is 0 Å². The van der Waals surface area contributed by atoms with Crippen molar-refractivity contribution in [2.24, 2.45) is 11.7 Å². The summed E-state index contributed by atoms with van der Waals surface area (Å²) >= 11 is 1.51. The second-order valence-electron chi connectivity index (χ2n) is 9.72. The van der Waals surface area contributed by atoms with Gasteiger partial charge in [0.05, 0.1) is 28.2 Å². The van der Waals surface area contributed by atoms with Crippen LogP contribution < -0.4 is 31.3 Å². The molecule has 3 unspecified atom stereocenters. The molecule has 2 aromatic rings. The number of nitrogens with one attached hydrogen (secondary N) is 3. The molecule has 4 heterocycles. The van der Waals surface area contributed by atoms with Gasteiger partial charge in [-0.15, -0.1) is 0 Å². The molecule has 4 aliphatic rings. The molecular weight excluding hydrogens is 476 g/mol. The van der Waals surface area contributed by atoms with E-state index in [9.17, 15) is 9.59 Å². The summed E-state index contributed by atoms with van der Waals surface area (Å²) in [6.45, 7) is 0.765. The van der Waals surface area contributed by atoms with Gasteiger partial charge in [-0.3, -0.25) is 9.69 Å². The van der Waals surface area contributed by atoms with E-state index in [4.69, 9.17) is 10.5 Å². The molecule has 0 spiro atoms. The van der Waals surface area contributed by atoms with Crippen molar-refractivity contribution >= 4 is 29.4 Å². The van der Waals surface area contributed by atoms with Crippen molar-refractivity contribution in [3.63, 3.8) is 0 Å². The van der Waals surface area contributed by atoms with Gasteiger partial charge in [0.25, 0.3) is 5.91 Å². The van der Waals surface area contributed by atoms with E-state index < -0.39 is 0 Å². The Balaban J connectivity index is 1.22. The van der Waals surface area contributed by atoms with Gasteiger partial charge in [-0.05, 0) is 44.0 Å². The first-order chi connectivity index (χ1) is 17.6. The predicted molar refractivity (Wildman–Crippen MR) is 138 cm³/mol. The molecule has 0 radical (unpaired) electrons. The molecule has 36 heavy (non-hydrogen) atoms.